The molecule has 0 aromatic heterocycles. The number of imide groups is 1. The van der Waals surface area contributed by atoms with Crippen molar-refractivity contribution in [2.24, 2.45) is 23.7 Å². The number of anilines is 1. The number of nitrogens with zero attached hydrogens (tertiary/aromatic N) is 4. The van der Waals surface area contributed by atoms with Crippen LogP contribution < -0.4 is 31.9 Å². The maximum Gasteiger partial charge on any atom is 0.410 e. The minimum absolute atomic E-state index is 0.100. The van der Waals surface area contributed by atoms with E-state index in [1.165, 1.54) is 57.4 Å². The number of carbonyl (C=O) groups is 12. The topological polar surface area (TPSA) is 378 Å². The lowest BCUT2D eigenvalue weighted by Crippen LogP contribution is -2.60. The van der Waals surface area contributed by atoms with E-state index in [4.69, 9.17) is 14.2 Å². The van der Waals surface area contributed by atoms with Gasteiger partial charge in [0.2, 0.25) is 47.3 Å². The van der Waals surface area contributed by atoms with E-state index in [-0.39, 0.29) is 74.8 Å². The lowest BCUT2D eigenvalue weighted by molar-refractivity contribution is -0.148. The van der Waals surface area contributed by atoms with E-state index in [9.17, 15) is 72.9 Å². The number of aliphatic hydroxyl groups excluding tert-OH is 2. The molecule has 2 aromatic rings. The molecule has 1 fully saturated rings. The Labute approximate surface area is 549 Å². The number of aliphatic hydroxyl groups is 2. The molecule has 0 bridgehead atoms. The van der Waals surface area contributed by atoms with Crippen LogP contribution in [-0.2, 0) is 80.0 Å². The fraction of sp³-hybridized carbons (Fsp3) is 0.606. The van der Waals surface area contributed by atoms with Crippen molar-refractivity contribution in [2.75, 3.05) is 59.9 Å². The van der Waals surface area contributed by atoms with Gasteiger partial charge >= 0.3 is 12.1 Å². The third kappa shape index (κ3) is 23.0. The van der Waals surface area contributed by atoms with Crippen molar-refractivity contribution in [3.8, 4) is 0 Å². The molecule has 520 valence electrons. The van der Waals surface area contributed by atoms with Crippen LogP contribution in [0.1, 0.15) is 118 Å². The van der Waals surface area contributed by atoms with E-state index in [2.05, 4.69) is 31.9 Å². The van der Waals surface area contributed by atoms with Gasteiger partial charge in [-0.1, -0.05) is 97.4 Å². The van der Waals surface area contributed by atoms with Crippen LogP contribution in [0.5, 0.6) is 0 Å². The quantitative estimate of drug-likeness (QED) is 0.0434. The highest BCUT2D eigenvalue weighted by Crippen LogP contribution is 2.30. The van der Waals surface area contributed by atoms with Gasteiger partial charge in [0.25, 0.3) is 11.8 Å². The van der Waals surface area contributed by atoms with Gasteiger partial charge in [0, 0.05) is 72.1 Å². The molecule has 94 heavy (non-hydrogen) atoms. The van der Waals surface area contributed by atoms with Crippen molar-refractivity contribution < 1.29 is 87.1 Å². The maximum atomic E-state index is 14.7. The fourth-order valence-electron chi connectivity index (χ4n) is 11.4. The van der Waals surface area contributed by atoms with Gasteiger partial charge in [-0.2, -0.15) is 0 Å². The summed E-state index contributed by atoms with van der Waals surface area (Å²) in [7, 11) is 5.76. The number of likely N-dealkylation sites (N-methyl/N-ethyl adjacent to an activating group) is 2. The molecule has 11 amide bonds. The first-order valence-electron chi connectivity index (χ1n) is 31.9. The molecule has 4 rings (SSSR count). The number of amides is 11. The van der Waals surface area contributed by atoms with Crippen molar-refractivity contribution in [3.63, 3.8) is 0 Å². The zero-order valence-electron chi connectivity index (χ0n) is 56.1. The Morgan fingerprint density at radius 1 is 0.702 bits per heavy atom. The predicted octanol–water partition coefficient (Wildman–Crippen LogP) is 2.04. The van der Waals surface area contributed by atoms with E-state index < -0.39 is 145 Å². The van der Waals surface area contributed by atoms with Gasteiger partial charge in [-0.3, -0.25) is 62.5 Å². The maximum absolute atomic E-state index is 14.7. The number of carbonyl (C=O) groups excluding carboxylic acids is 11. The first-order chi connectivity index (χ1) is 44.5. The molecule has 0 unspecified atom stereocenters. The molecule has 2 heterocycles. The first kappa shape index (κ1) is 78.1. The zero-order chi connectivity index (χ0) is 70.1. The van der Waals surface area contributed by atoms with E-state index in [0.717, 1.165) is 27.5 Å². The summed E-state index contributed by atoms with van der Waals surface area (Å²) in [6, 6.07) is 7.18. The molecule has 2 aliphatic rings. The van der Waals surface area contributed by atoms with Crippen LogP contribution in [-0.4, -0.2) is 221 Å². The van der Waals surface area contributed by atoms with E-state index in [1.807, 2.05) is 44.2 Å². The van der Waals surface area contributed by atoms with Crippen molar-refractivity contribution >= 4 is 76.8 Å². The van der Waals surface area contributed by atoms with Crippen LogP contribution in [0.25, 0.3) is 0 Å². The number of methoxy groups -OCH3 is 2. The van der Waals surface area contributed by atoms with Gasteiger partial charge < -0.3 is 71.2 Å². The van der Waals surface area contributed by atoms with Crippen LogP contribution in [0.3, 0.4) is 0 Å². The first-order valence-corrected chi connectivity index (χ1v) is 31.9. The second kappa shape index (κ2) is 38.1. The summed E-state index contributed by atoms with van der Waals surface area (Å²) >= 11 is 0. The summed E-state index contributed by atoms with van der Waals surface area (Å²) in [4.78, 5) is 164. The Balaban J connectivity index is 1.35. The molecule has 28 heteroatoms. The normalized spacial score (nSPS) is 17.3. The molecule has 9 N–H and O–H groups in total. The van der Waals surface area contributed by atoms with Crippen molar-refractivity contribution in [3.05, 3.63) is 77.9 Å². The Bertz CT molecular complexity index is 2930. The van der Waals surface area contributed by atoms with Crippen molar-refractivity contribution in [1.82, 2.24) is 46.2 Å². The van der Waals surface area contributed by atoms with Gasteiger partial charge in [-0.15, -0.1) is 0 Å². The summed E-state index contributed by atoms with van der Waals surface area (Å²) < 4.78 is 17.5. The van der Waals surface area contributed by atoms with Gasteiger partial charge in [-0.25, -0.2) is 4.79 Å². The zero-order valence-corrected chi connectivity index (χ0v) is 56.1. The lowest BCUT2D eigenvalue weighted by atomic mass is 9.89. The largest absolute Gasteiger partial charge is 0.481 e. The Kier molecular flexibility index (Phi) is 31.7. The predicted molar refractivity (Wildman–Crippen MR) is 344 cm³/mol. The smallest absolute Gasteiger partial charge is 0.410 e. The minimum atomic E-state index is -1.52. The van der Waals surface area contributed by atoms with Crippen LogP contribution in [0.4, 0.5) is 10.5 Å². The molecule has 0 aliphatic carbocycles. The highest BCUT2D eigenvalue weighted by Gasteiger charge is 2.44. The Morgan fingerprint density at radius 2 is 1.35 bits per heavy atom. The van der Waals surface area contributed by atoms with Gasteiger partial charge in [0.1, 0.15) is 36.8 Å². The second-order valence-electron chi connectivity index (χ2n) is 24.8. The number of benzene rings is 2. The number of hydrogen-bond acceptors (Lipinski definition) is 17. The van der Waals surface area contributed by atoms with Crippen LogP contribution >= 0.6 is 0 Å². The minimum Gasteiger partial charge on any atom is -0.481 e. The average molecular weight is 1320 g/mol. The average Bonchev–Trinajstić information content (AvgIpc) is 1.38. The molecule has 2 aromatic carbocycles. The lowest BCUT2D eigenvalue weighted by Gasteiger charge is -2.41. The third-order valence-corrected chi connectivity index (χ3v) is 17.0. The standard InChI is InChI=1S/C66H98N10O18/c1-13-40(6)58(51(92-11)34-55(82)75-30-17-20-49(75)59(93-12)41(7)60(85)69-46(35-77)33-43-18-15-14-16-19-43)74(10)65(90)57(39(4)5)72-64(89)50(36-78)73(9)66(91)94-37-44-21-23-45(24-22-44)68-62(87)47(25-28-56(83)84)71-61(86)42(8)67-63(88)48(32-38(2)3)70-52(79)29-31-76-53(80)26-27-54(76)81/h14-16,18-19,21-24,26-27,38-42,46-51,57-59,77-78H,13,17,20,25,28-37H2,1-12H3,(H,67,88)(H,68,87)(H,69,85)(H,70,79)(H,71,86)(H,72,89)(H,83,84)/t40-,41+,42-,46-,47-,48+,49-,50-,51+,57-,58-,59+/m0/s1. The molecular weight excluding hydrogens is 1220 g/mol. The summed E-state index contributed by atoms with van der Waals surface area (Å²) in [5, 5.41) is 45.9. The number of likely N-dealkylation sites (tertiary alicyclic amines) is 1. The van der Waals surface area contributed by atoms with Gasteiger partial charge in [-0.05, 0) is 80.0 Å². The number of carboxylic acid groups (broad SMARTS) is 1. The second-order valence-corrected chi connectivity index (χ2v) is 24.8. The summed E-state index contributed by atoms with van der Waals surface area (Å²) in [6.07, 6.45) is 0.739. The van der Waals surface area contributed by atoms with Crippen molar-refractivity contribution in [1.29, 1.82) is 0 Å². The van der Waals surface area contributed by atoms with Gasteiger partial charge in [0.15, 0.2) is 0 Å². The Morgan fingerprint density at radius 3 is 1.91 bits per heavy atom. The molecule has 12 atom stereocenters. The summed E-state index contributed by atoms with van der Waals surface area (Å²) in [5.41, 5.74) is 1.56. The monoisotopic (exact) mass is 1320 g/mol. The number of rotatable bonds is 38. The van der Waals surface area contributed by atoms with E-state index >= 15 is 0 Å². The van der Waals surface area contributed by atoms with Gasteiger partial charge in [0.05, 0.1) is 55.9 Å². The molecule has 0 saturated carbocycles. The highest BCUT2D eigenvalue weighted by molar-refractivity contribution is 6.13. The number of carboxylic acids is 1. The number of ether oxygens (including phenoxy) is 3. The molecular formula is C66H98N10O18. The number of hydrogen-bond donors (Lipinski definition) is 9. The highest BCUT2D eigenvalue weighted by atomic mass is 16.6. The van der Waals surface area contributed by atoms with Crippen LogP contribution in [0, 0.1) is 23.7 Å². The Hall–Kier alpha value is -8.34. The number of aliphatic carboxylic acids is 1. The van der Waals surface area contributed by atoms with Crippen LogP contribution in [0.15, 0.2) is 66.7 Å². The number of nitrogens with one attached hydrogen (secondary N) is 6. The molecule has 1 saturated heterocycles. The molecule has 28 nitrogen and oxygen atoms in total. The fourth-order valence-corrected chi connectivity index (χ4v) is 11.4. The summed E-state index contributed by atoms with van der Waals surface area (Å²) in [5.74, 6) is -8.92. The molecule has 2 aliphatic heterocycles. The third-order valence-electron chi connectivity index (χ3n) is 17.0. The van der Waals surface area contributed by atoms with Crippen molar-refractivity contribution in [2.45, 2.75) is 180 Å². The molecule has 0 spiro atoms. The molecule has 0 radical (unpaired) electrons. The summed E-state index contributed by atoms with van der Waals surface area (Å²) in [6.45, 7) is 12.7. The van der Waals surface area contributed by atoms with E-state index in [0.29, 0.717) is 37.8 Å². The van der Waals surface area contributed by atoms with E-state index in [1.54, 1.807) is 46.6 Å². The van der Waals surface area contributed by atoms with Crippen LogP contribution in [0.2, 0.25) is 0 Å². The SMILES string of the molecule is CC[C@H](C)[C@@H]([C@@H](CC(=O)N1CCC[C@H]1[C@H](OC)[C@@H](C)C(=O)N[C@H](CO)Cc1ccccc1)OC)N(C)C(=O)[C@@H](NC(=O)[C@H](CO)N(C)C(=O)OCc1ccc(NC(=O)[C@H](CCC(=O)O)NC(=O)[C@H](C)NC(=O)[C@@H](CC(C)C)NC(=O)CCN2C(=O)C=CC2=O)cc1)C(C)C.